The van der Waals surface area contributed by atoms with Crippen LogP contribution in [0.3, 0.4) is 0 Å². The highest BCUT2D eigenvalue weighted by Crippen LogP contribution is 2.42. The SMILES string of the molecule is COc1ccc(C(N)c2ccn(C)n2)c(OC)c1OC. The third-order valence-electron chi connectivity index (χ3n) is 3.12. The van der Waals surface area contributed by atoms with Crippen molar-refractivity contribution in [2.24, 2.45) is 12.8 Å². The summed E-state index contributed by atoms with van der Waals surface area (Å²) < 4.78 is 17.8. The Morgan fingerprint density at radius 3 is 2.25 bits per heavy atom. The Hall–Kier alpha value is -2.21. The van der Waals surface area contributed by atoms with E-state index in [-0.39, 0.29) is 0 Å². The van der Waals surface area contributed by atoms with Crippen molar-refractivity contribution in [1.29, 1.82) is 0 Å². The number of aromatic nitrogens is 2. The molecule has 0 spiro atoms. The molecule has 2 rings (SSSR count). The lowest BCUT2D eigenvalue weighted by Crippen LogP contribution is -2.14. The number of benzene rings is 1. The molecular weight excluding hydrogens is 258 g/mol. The van der Waals surface area contributed by atoms with Gasteiger partial charge >= 0.3 is 0 Å². The van der Waals surface area contributed by atoms with E-state index in [1.807, 2.05) is 25.4 Å². The second kappa shape index (κ2) is 5.83. The fraction of sp³-hybridized carbons (Fsp3) is 0.357. The van der Waals surface area contributed by atoms with Crippen molar-refractivity contribution in [3.63, 3.8) is 0 Å². The van der Waals surface area contributed by atoms with Gasteiger partial charge in [0.25, 0.3) is 0 Å². The van der Waals surface area contributed by atoms with Crippen molar-refractivity contribution in [2.75, 3.05) is 21.3 Å². The lowest BCUT2D eigenvalue weighted by atomic mass is 10.0. The Balaban J connectivity index is 2.51. The van der Waals surface area contributed by atoms with Crippen LogP contribution in [0.2, 0.25) is 0 Å². The molecule has 0 aliphatic heterocycles. The summed E-state index contributed by atoms with van der Waals surface area (Å²) in [7, 11) is 6.57. The largest absolute Gasteiger partial charge is 0.493 e. The van der Waals surface area contributed by atoms with Gasteiger partial charge < -0.3 is 19.9 Å². The average molecular weight is 277 g/mol. The zero-order chi connectivity index (χ0) is 14.7. The molecule has 6 heteroatoms. The van der Waals surface area contributed by atoms with E-state index in [4.69, 9.17) is 19.9 Å². The van der Waals surface area contributed by atoms with Gasteiger partial charge in [-0.1, -0.05) is 0 Å². The molecule has 0 amide bonds. The molecule has 0 aliphatic carbocycles. The standard InChI is InChI=1S/C14H19N3O3/c1-17-8-7-10(16-17)12(15)9-5-6-11(18-2)14(20-4)13(9)19-3/h5-8,12H,15H2,1-4H3. The lowest BCUT2D eigenvalue weighted by Gasteiger charge is -2.18. The number of nitrogens with zero attached hydrogens (tertiary/aromatic N) is 2. The van der Waals surface area contributed by atoms with Crippen molar-refractivity contribution < 1.29 is 14.2 Å². The quantitative estimate of drug-likeness (QED) is 0.896. The summed E-state index contributed by atoms with van der Waals surface area (Å²) in [5.74, 6) is 1.69. The van der Waals surface area contributed by atoms with Gasteiger partial charge in [0.1, 0.15) is 0 Å². The molecule has 1 aromatic carbocycles. The summed E-state index contributed by atoms with van der Waals surface area (Å²) in [4.78, 5) is 0. The van der Waals surface area contributed by atoms with Crippen LogP contribution >= 0.6 is 0 Å². The molecular formula is C14H19N3O3. The van der Waals surface area contributed by atoms with E-state index in [0.29, 0.717) is 17.2 Å². The fourth-order valence-corrected chi connectivity index (χ4v) is 2.13. The Morgan fingerprint density at radius 1 is 1.05 bits per heavy atom. The highest BCUT2D eigenvalue weighted by Gasteiger charge is 2.22. The van der Waals surface area contributed by atoms with E-state index in [9.17, 15) is 0 Å². The van der Waals surface area contributed by atoms with Crippen LogP contribution in [0.1, 0.15) is 17.3 Å². The molecule has 0 aliphatic rings. The Labute approximate surface area is 118 Å². The molecule has 1 heterocycles. The highest BCUT2D eigenvalue weighted by atomic mass is 16.5. The van der Waals surface area contributed by atoms with E-state index in [0.717, 1.165) is 11.3 Å². The Bertz CT molecular complexity index is 595. The monoisotopic (exact) mass is 277 g/mol. The number of methoxy groups -OCH3 is 3. The predicted octanol–water partition coefficient (Wildman–Crippen LogP) is 1.49. The zero-order valence-electron chi connectivity index (χ0n) is 12.1. The molecule has 1 atom stereocenters. The minimum Gasteiger partial charge on any atom is -0.493 e. The van der Waals surface area contributed by atoms with E-state index in [1.165, 1.54) is 0 Å². The molecule has 0 saturated heterocycles. The maximum Gasteiger partial charge on any atom is 0.203 e. The first-order valence-electron chi connectivity index (χ1n) is 6.16. The second-order valence-electron chi connectivity index (χ2n) is 4.32. The van der Waals surface area contributed by atoms with Crippen LogP contribution in [0.25, 0.3) is 0 Å². The number of hydrogen-bond donors (Lipinski definition) is 1. The highest BCUT2D eigenvalue weighted by molar-refractivity contribution is 5.57. The Kier molecular flexibility index (Phi) is 4.14. The van der Waals surface area contributed by atoms with Gasteiger partial charge in [-0.25, -0.2) is 0 Å². The van der Waals surface area contributed by atoms with Gasteiger partial charge in [0.05, 0.1) is 33.1 Å². The molecule has 1 aromatic heterocycles. The van der Waals surface area contributed by atoms with Crippen LogP contribution in [0.4, 0.5) is 0 Å². The molecule has 0 radical (unpaired) electrons. The van der Waals surface area contributed by atoms with Crippen molar-refractivity contribution in [2.45, 2.75) is 6.04 Å². The van der Waals surface area contributed by atoms with Gasteiger partial charge in [0, 0.05) is 18.8 Å². The van der Waals surface area contributed by atoms with Gasteiger partial charge in [-0.2, -0.15) is 5.10 Å². The number of hydrogen-bond acceptors (Lipinski definition) is 5. The lowest BCUT2D eigenvalue weighted by molar-refractivity contribution is 0.321. The van der Waals surface area contributed by atoms with Crippen LogP contribution < -0.4 is 19.9 Å². The normalized spacial score (nSPS) is 12.1. The average Bonchev–Trinajstić information content (AvgIpc) is 2.91. The van der Waals surface area contributed by atoms with Crippen LogP contribution in [0.15, 0.2) is 24.4 Å². The first-order valence-corrected chi connectivity index (χ1v) is 6.16. The molecule has 0 fully saturated rings. The van der Waals surface area contributed by atoms with Crippen LogP contribution in [0, 0.1) is 0 Å². The van der Waals surface area contributed by atoms with E-state index < -0.39 is 6.04 Å². The summed E-state index contributed by atoms with van der Waals surface area (Å²) in [5, 5.41) is 4.32. The topological polar surface area (TPSA) is 71.5 Å². The van der Waals surface area contributed by atoms with Gasteiger partial charge in [0.15, 0.2) is 11.5 Å². The van der Waals surface area contributed by atoms with E-state index in [2.05, 4.69) is 5.10 Å². The predicted molar refractivity (Wildman–Crippen MR) is 75.3 cm³/mol. The van der Waals surface area contributed by atoms with Crippen molar-refractivity contribution >= 4 is 0 Å². The summed E-state index contributed by atoms with van der Waals surface area (Å²) >= 11 is 0. The van der Waals surface area contributed by atoms with Gasteiger partial charge in [-0.05, 0) is 18.2 Å². The van der Waals surface area contributed by atoms with Crippen molar-refractivity contribution in [3.8, 4) is 17.2 Å². The first-order chi connectivity index (χ1) is 9.62. The molecule has 108 valence electrons. The van der Waals surface area contributed by atoms with Gasteiger partial charge in [0.2, 0.25) is 5.75 Å². The molecule has 6 nitrogen and oxygen atoms in total. The summed E-state index contributed by atoms with van der Waals surface area (Å²) in [5.41, 5.74) is 7.83. The van der Waals surface area contributed by atoms with Crippen LogP contribution in [-0.2, 0) is 7.05 Å². The van der Waals surface area contributed by atoms with E-state index >= 15 is 0 Å². The second-order valence-corrected chi connectivity index (χ2v) is 4.32. The summed E-state index contributed by atoms with van der Waals surface area (Å²) in [6.07, 6.45) is 1.85. The molecule has 2 aromatic rings. The molecule has 0 bridgehead atoms. The minimum atomic E-state index is -0.397. The first kappa shape index (κ1) is 14.2. The van der Waals surface area contributed by atoms with Crippen LogP contribution in [-0.4, -0.2) is 31.1 Å². The van der Waals surface area contributed by atoms with Crippen molar-refractivity contribution in [1.82, 2.24) is 9.78 Å². The fourth-order valence-electron chi connectivity index (χ4n) is 2.13. The minimum absolute atomic E-state index is 0.397. The number of rotatable bonds is 5. The molecule has 2 N–H and O–H groups in total. The maximum atomic E-state index is 6.27. The maximum absolute atomic E-state index is 6.27. The summed E-state index contributed by atoms with van der Waals surface area (Å²) in [6.45, 7) is 0. The molecule has 1 unspecified atom stereocenters. The molecule has 0 saturated carbocycles. The number of nitrogens with two attached hydrogens (primary N) is 1. The molecule has 20 heavy (non-hydrogen) atoms. The van der Waals surface area contributed by atoms with Crippen molar-refractivity contribution in [3.05, 3.63) is 35.7 Å². The van der Waals surface area contributed by atoms with Gasteiger partial charge in [-0.15, -0.1) is 0 Å². The number of ether oxygens (including phenoxy) is 3. The summed E-state index contributed by atoms with van der Waals surface area (Å²) in [6, 6.07) is 5.14. The smallest absolute Gasteiger partial charge is 0.203 e. The zero-order valence-corrected chi connectivity index (χ0v) is 12.1. The third kappa shape index (κ3) is 2.42. The van der Waals surface area contributed by atoms with Crippen LogP contribution in [0.5, 0.6) is 17.2 Å². The van der Waals surface area contributed by atoms with Gasteiger partial charge in [-0.3, -0.25) is 4.68 Å². The third-order valence-corrected chi connectivity index (χ3v) is 3.12. The number of aryl methyl sites for hydroxylation is 1. The van der Waals surface area contributed by atoms with E-state index in [1.54, 1.807) is 32.1 Å². The Morgan fingerprint density at radius 2 is 1.75 bits per heavy atom.